The molecule has 1 aromatic carbocycles. The fourth-order valence-corrected chi connectivity index (χ4v) is 3.35. The molecular weight excluding hydrogens is 418 g/mol. The summed E-state index contributed by atoms with van der Waals surface area (Å²) in [4.78, 5) is 23.3. The smallest absolute Gasteiger partial charge is 0.406 e. The molecule has 31 heavy (non-hydrogen) atoms. The molecule has 0 aliphatic heterocycles. The molecule has 0 amide bonds. The molecule has 3 aromatic heterocycles. The number of rotatable bonds is 4. The van der Waals surface area contributed by atoms with Crippen LogP contribution in [0, 0.1) is 5.82 Å². The van der Waals surface area contributed by atoms with E-state index >= 15 is 0 Å². The Hall–Kier alpha value is -3.47. The lowest BCUT2D eigenvalue weighted by molar-refractivity contribution is -0.139. The van der Waals surface area contributed by atoms with E-state index in [1.807, 2.05) is 0 Å². The van der Waals surface area contributed by atoms with E-state index in [0.717, 1.165) is 23.8 Å². The van der Waals surface area contributed by atoms with Crippen molar-refractivity contribution in [2.75, 3.05) is 7.11 Å². The van der Waals surface area contributed by atoms with Crippen LogP contribution in [0.25, 0.3) is 33.6 Å². The molecule has 4 rings (SSSR count). The fourth-order valence-electron chi connectivity index (χ4n) is 3.35. The third-order valence-corrected chi connectivity index (χ3v) is 4.79. The highest BCUT2D eigenvalue weighted by Crippen LogP contribution is 2.31. The molecule has 0 aliphatic carbocycles. The summed E-state index contributed by atoms with van der Waals surface area (Å²) in [5.41, 5.74) is 6.62. The van der Waals surface area contributed by atoms with Crippen LogP contribution in [0.4, 0.5) is 17.6 Å². The van der Waals surface area contributed by atoms with Crippen LogP contribution in [-0.2, 0) is 11.3 Å². The molecule has 7 nitrogen and oxygen atoms in total. The number of nitrogens with zero attached hydrogens (tertiary/aromatic N) is 3. The highest BCUT2D eigenvalue weighted by atomic mass is 19.4. The number of nitrogens with one attached hydrogen (secondary N) is 1. The Morgan fingerprint density at radius 3 is 2.65 bits per heavy atom. The van der Waals surface area contributed by atoms with E-state index in [0.29, 0.717) is 16.7 Å². The third kappa shape index (κ3) is 3.83. The first-order chi connectivity index (χ1) is 14.6. The Kier molecular flexibility index (Phi) is 4.92. The molecule has 0 spiro atoms. The molecule has 0 saturated heterocycles. The molecule has 0 fully saturated rings. The van der Waals surface area contributed by atoms with E-state index in [4.69, 9.17) is 5.73 Å². The van der Waals surface area contributed by atoms with Gasteiger partial charge in [0, 0.05) is 17.5 Å². The van der Waals surface area contributed by atoms with Gasteiger partial charge in [0.25, 0.3) is 0 Å². The van der Waals surface area contributed by atoms with Gasteiger partial charge >= 0.3 is 12.1 Å². The number of pyridine rings is 1. The minimum Gasteiger partial charge on any atom is -0.465 e. The number of alkyl halides is 3. The average molecular weight is 435 g/mol. The quantitative estimate of drug-likeness (QED) is 0.372. The second kappa shape index (κ2) is 7.34. The maximum absolute atomic E-state index is 14.4. The number of aromatic nitrogens is 4. The zero-order valence-corrected chi connectivity index (χ0v) is 16.4. The lowest BCUT2D eigenvalue weighted by atomic mass is 10.2. The van der Waals surface area contributed by atoms with E-state index in [2.05, 4.69) is 19.7 Å². The second-order valence-electron chi connectivity index (χ2n) is 7.09. The number of nitrogens with two attached hydrogens (primary N) is 1. The maximum atomic E-state index is 14.4. The standard InChI is InChI=1S/C20H17F4N5O2/c1-9(25)13-4-3-10-5-15(27-17(10)26-13)18-28-14-6-11(19(30)31-2)12(21)7-16(14)29(18)8-20(22,23)24/h3-7,9H,8,25H2,1-2H3,(H,26,27)/t9-/m1/s1. The Balaban J connectivity index is 1.94. The highest BCUT2D eigenvalue weighted by Gasteiger charge is 2.31. The molecule has 0 unspecified atom stereocenters. The number of benzene rings is 1. The van der Waals surface area contributed by atoms with Crippen molar-refractivity contribution in [3.63, 3.8) is 0 Å². The van der Waals surface area contributed by atoms with E-state index in [9.17, 15) is 22.4 Å². The lowest BCUT2D eigenvalue weighted by Crippen LogP contribution is -2.18. The largest absolute Gasteiger partial charge is 0.465 e. The Labute approximate surface area is 172 Å². The number of hydrogen-bond acceptors (Lipinski definition) is 5. The predicted octanol–water partition coefficient (Wildman–Crippen LogP) is 4.09. The van der Waals surface area contributed by atoms with Crippen LogP contribution >= 0.6 is 0 Å². The van der Waals surface area contributed by atoms with Crippen LogP contribution in [0.2, 0.25) is 0 Å². The number of fused-ring (bicyclic) bond motifs is 2. The van der Waals surface area contributed by atoms with E-state index in [-0.39, 0.29) is 28.6 Å². The van der Waals surface area contributed by atoms with E-state index in [1.54, 1.807) is 25.1 Å². The van der Waals surface area contributed by atoms with Gasteiger partial charge in [-0.1, -0.05) is 0 Å². The molecule has 4 aromatic rings. The van der Waals surface area contributed by atoms with Gasteiger partial charge in [-0.05, 0) is 31.2 Å². The van der Waals surface area contributed by atoms with Crippen LogP contribution in [0.1, 0.15) is 29.0 Å². The number of imidazole rings is 1. The molecule has 0 bridgehead atoms. The lowest BCUT2D eigenvalue weighted by Gasteiger charge is -2.11. The highest BCUT2D eigenvalue weighted by molar-refractivity contribution is 5.95. The summed E-state index contributed by atoms with van der Waals surface area (Å²) in [5.74, 6) is -2.03. The zero-order valence-electron chi connectivity index (χ0n) is 16.4. The van der Waals surface area contributed by atoms with Gasteiger partial charge in [-0.3, -0.25) is 0 Å². The second-order valence-corrected chi connectivity index (χ2v) is 7.09. The number of carbonyl (C=O) groups is 1. The number of carbonyl (C=O) groups excluding carboxylic acids is 1. The van der Waals surface area contributed by atoms with Crippen LogP contribution < -0.4 is 5.73 Å². The molecule has 0 aliphatic rings. The van der Waals surface area contributed by atoms with Crippen LogP contribution in [0.3, 0.4) is 0 Å². The summed E-state index contributed by atoms with van der Waals surface area (Å²) in [5, 5.41) is 0.645. The minimum absolute atomic E-state index is 0.0175. The number of H-pyrrole nitrogens is 1. The zero-order chi connectivity index (χ0) is 22.5. The SMILES string of the molecule is COC(=O)c1cc2nc(-c3cc4ccc([C@@H](C)N)nc4[nH]3)n(CC(F)(F)F)c2cc1F. The van der Waals surface area contributed by atoms with Crippen molar-refractivity contribution < 1.29 is 27.1 Å². The monoisotopic (exact) mass is 435 g/mol. The summed E-state index contributed by atoms with van der Waals surface area (Å²) in [6.45, 7) is 0.359. The van der Waals surface area contributed by atoms with Gasteiger partial charge in [0.05, 0.1) is 35.1 Å². The van der Waals surface area contributed by atoms with Crippen LogP contribution in [0.15, 0.2) is 30.3 Å². The predicted molar refractivity (Wildman–Crippen MR) is 105 cm³/mol. The number of hydrogen-bond donors (Lipinski definition) is 2. The van der Waals surface area contributed by atoms with Crippen molar-refractivity contribution in [2.45, 2.75) is 25.7 Å². The number of ether oxygens (including phenoxy) is 1. The van der Waals surface area contributed by atoms with Crippen molar-refractivity contribution in [1.82, 2.24) is 19.5 Å². The van der Waals surface area contributed by atoms with Crippen LogP contribution in [-0.4, -0.2) is 38.8 Å². The topological polar surface area (TPSA) is 98.8 Å². The van der Waals surface area contributed by atoms with E-state index in [1.165, 1.54) is 0 Å². The summed E-state index contributed by atoms with van der Waals surface area (Å²) < 4.78 is 59.7. The summed E-state index contributed by atoms with van der Waals surface area (Å²) in [6.07, 6.45) is -4.59. The van der Waals surface area contributed by atoms with Crippen molar-refractivity contribution in [1.29, 1.82) is 0 Å². The molecule has 0 saturated carbocycles. The Morgan fingerprint density at radius 1 is 1.26 bits per heavy atom. The van der Waals surface area contributed by atoms with Crippen LogP contribution in [0.5, 0.6) is 0 Å². The van der Waals surface area contributed by atoms with Crippen molar-refractivity contribution in [2.24, 2.45) is 5.73 Å². The van der Waals surface area contributed by atoms with Crippen molar-refractivity contribution in [3.8, 4) is 11.5 Å². The van der Waals surface area contributed by atoms with Gasteiger partial charge in [-0.25, -0.2) is 19.2 Å². The molecule has 162 valence electrons. The van der Waals surface area contributed by atoms with Crippen molar-refractivity contribution >= 4 is 28.0 Å². The number of esters is 1. The summed E-state index contributed by atoms with van der Waals surface area (Å²) in [6, 6.07) is 6.65. The molecule has 3 N–H and O–H groups in total. The minimum atomic E-state index is -4.59. The number of halogens is 4. The number of aromatic amines is 1. The van der Waals surface area contributed by atoms with Gasteiger partial charge < -0.3 is 20.0 Å². The van der Waals surface area contributed by atoms with Gasteiger partial charge in [-0.2, -0.15) is 13.2 Å². The van der Waals surface area contributed by atoms with Crippen molar-refractivity contribution in [3.05, 3.63) is 47.4 Å². The fraction of sp³-hybridized carbons (Fsp3) is 0.250. The molecular formula is C20H17F4N5O2. The van der Waals surface area contributed by atoms with Gasteiger partial charge in [0.15, 0.2) is 5.82 Å². The molecule has 11 heteroatoms. The van der Waals surface area contributed by atoms with Gasteiger partial charge in [-0.15, -0.1) is 0 Å². The summed E-state index contributed by atoms with van der Waals surface area (Å²) in [7, 11) is 1.08. The Morgan fingerprint density at radius 2 is 2.00 bits per heavy atom. The third-order valence-electron chi connectivity index (χ3n) is 4.79. The average Bonchev–Trinajstić information content (AvgIpc) is 3.26. The first-order valence-corrected chi connectivity index (χ1v) is 9.18. The normalized spacial score (nSPS) is 13.1. The first kappa shape index (κ1) is 20.8. The van der Waals surface area contributed by atoms with Gasteiger partial charge in [0.1, 0.15) is 18.0 Å². The maximum Gasteiger partial charge on any atom is 0.406 e. The van der Waals surface area contributed by atoms with E-state index < -0.39 is 30.1 Å². The molecule has 1 atom stereocenters. The summed E-state index contributed by atoms with van der Waals surface area (Å²) >= 11 is 0. The first-order valence-electron chi connectivity index (χ1n) is 9.18. The number of methoxy groups -OCH3 is 1. The molecule has 3 heterocycles. The van der Waals surface area contributed by atoms with Gasteiger partial charge in [0.2, 0.25) is 0 Å². The molecule has 0 radical (unpaired) electrons. The Bertz CT molecular complexity index is 1310.